The van der Waals surface area contributed by atoms with Gasteiger partial charge in [-0.2, -0.15) is 4.31 Å². The van der Waals surface area contributed by atoms with Crippen LogP contribution < -0.4 is 5.32 Å². The predicted octanol–water partition coefficient (Wildman–Crippen LogP) is 2.16. The molecule has 0 aliphatic carbocycles. The van der Waals surface area contributed by atoms with Gasteiger partial charge in [0.1, 0.15) is 0 Å². The lowest BCUT2D eigenvalue weighted by Gasteiger charge is -2.29. The van der Waals surface area contributed by atoms with Crippen molar-refractivity contribution >= 4 is 15.9 Å². The third-order valence-corrected chi connectivity index (χ3v) is 5.73. The van der Waals surface area contributed by atoms with Gasteiger partial charge in [0.15, 0.2) is 0 Å². The Hall–Kier alpha value is -1.66. The van der Waals surface area contributed by atoms with Gasteiger partial charge < -0.3 is 5.32 Å². The van der Waals surface area contributed by atoms with Gasteiger partial charge in [-0.15, -0.1) is 6.58 Å². The van der Waals surface area contributed by atoms with E-state index in [9.17, 15) is 13.2 Å². The summed E-state index contributed by atoms with van der Waals surface area (Å²) in [6.45, 7) is 9.06. The first-order chi connectivity index (χ1) is 10.1. The molecular formula is C16H24N2O3S. The number of hydrogen-bond acceptors (Lipinski definition) is 3. The number of carbonyl (C=O) groups excluding carboxylic acids is 1. The molecule has 1 aromatic rings. The van der Waals surface area contributed by atoms with Gasteiger partial charge >= 0.3 is 0 Å². The molecule has 0 saturated carbocycles. The van der Waals surface area contributed by atoms with Crippen LogP contribution in [0.1, 0.15) is 36.7 Å². The molecule has 0 unspecified atom stereocenters. The zero-order chi connectivity index (χ0) is 17.0. The van der Waals surface area contributed by atoms with Gasteiger partial charge in [0.25, 0.3) is 5.91 Å². The monoisotopic (exact) mass is 324 g/mol. The SMILES string of the molecule is C=CCN(Cc1cccc(C(=O)NC)c1)S(=O)(=O)C(C)(C)C. The molecule has 5 nitrogen and oxygen atoms in total. The summed E-state index contributed by atoms with van der Waals surface area (Å²) in [5.41, 5.74) is 1.27. The summed E-state index contributed by atoms with van der Waals surface area (Å²) in [6, 6.07) is 6.95. The van der Waals surface area contributed by atoms with Crippen molar-refractivity contribution < 1.29 is 13.2 Å². The first-order valence-electron chi connectivity index (χ1n) is 7.05. The van der Waals surface area contributed by atoms with E-state index >= 15 is 0 Å². The molecule has 6 heteroatoms. The molecule has 0 heterocycles. The van der Waals surface area contributed by atoms with Crippen molar-refractivity contribution in [2.45, 2.75) is 32.1 Å². The lowest BCUT2D eigenvalue weighted by molar-refractivity contribution is 0.0963. The molecule has 0 saturated heterocycles. The van der Waals surface area contributed by atoms with Crippen molar-refractivity contribution in [3.8, 4) is 0 Å². The summed E-state index contributed by atoms with van der Waals surface area (Å²) < 4.78 is 25.7. The van der Waals surface area contributed by atoms with Crippen molar-refractivity contribution in [2.75, 3.05) is 13.6 Å². The van der Waals surface area contributed by atoms with Crippen LogP contribution in [-0.2, 0) is 16.6 Å². The van der Waals surface area contributed by atoms with E-state index in [1.807, 2.05) is 0 Å². The molecule has 0 fully saturated rings. The van der Waals surface area contributed by atoms with E-state index in [0.717, 1.165) is 5.56 Å². The number of nitrogens with zero attached hydrogens (tertiary/aromatic N) is 1. The van der Waals surface area contributed by atoms with Crippen molar-refractivity contribution in [2.24, 2.45) is 0 Å². The van der Waals surface area contributed by atoms with E-state index in [-0.39, 0.29) is 19.0 Å². The molecule has 1 amide bonds. The third kappa shape index (κ3) is 4.18. The Morgan fingerprint density at radius 2 is 2.00 bits per heavy atom. The highest BCUT2D eigenvalue weighted by Gasteiger charge is 2.34. The van der Waals surface area contributed by atoms with Crippen molar-refractivity contribution in [1.82, 2.24) is 9.62 Å². The summed E-state index contributed by atoms with van der Waals surface area (Å²) in [5, 5.41) is 2.55. The molecule has 0 spiro atoms. The quantitative estimate of drug-likeness (QED) is 0.816. The van der Waals surface area contributed by atoms with Crippen LogP contribution in [0.3, 0.4) is 0 Å². The second-order valence-electron chi connectivity index (χ2n) is 5.98. The molecule has 0 aliphatic rings. The van der Waals surface area contributed by atoms with Gasteiger partial charge in [-0.3, -0.25) is 4.79 Å². The Kier molecular flexibility index (Phi) is 5.91. The third-order valence-electron chi connectivity index (χ3n) is 3.22. The average Bonchev–Trinajstić information content (AvgIpc) is 2.45. The molecule has 1 rings (SSSR count). The van der Waals surface area contributed by atoms with Gasteiger partial charge in [0, 0.05) is 25.7 Å². The van der Waals surface area contributed by atoms with Crippen LogP contribution in [-0.4, -0.2) is 37.0 Å². The maximum absolute atomic E-state index is 12.6. The fourth-order valence-corrected chi connectivity index (χ4v) is 3.33. The summed E-state index contributed by atoms with van der Waals surface area (Å²) in [4.78, 5) is 11.7. The molecule has 0 radical (unpaired) electrons. The Morgan fingerprint density at radius 1 is 1.36 bits per heavy atom. The second kappa shape index (κ2) is 7.07. The lowest BCUT2D eigenvalue weighted by Crippen LogP contribution is -2.42. The number of rotatable bonds is 6. The smallest absolute Gasteiger partial charge is 0.251 e. The molecule has 1 aromatic carbocycles. The lowest BCUT2D eigenvalue weighted by atomic mass is 10.1. The van der Waals surface area contributed by atoms with Crippen LogP contribution in [0.5, 0.6) is 0 Å². The molecule has 0 aromatic heterocycles. The van der Waals surface area contributed by atoms with Gasteiger partial charge in [-0.1, -0.05) is 18.2 Å². The first-order valence-corrected chi connectivity index (χ1v) is 8.49. The number of sulfonamides is 1. The van der Waals surface area contributed by atoms with Gasteiger partial charge in [0.2, 0.25) is 10.0 Å². The zero-order valence-electron chi connectivity index (χ0n) is 13.6. The van der Waals surface area contributed by atoms with E-state index in [2.05, 4.69) is 11.9 Å². The van der Waals surface area contributed by atoms with E-state index in [1.54, 1.807) is 58.2 Å². The highest BCUT2D eigenvalue weighted by atomic mass is 32.2. The number of hydrogen-bond donors (Lipinski definition) is 1. The molecule has 0 atom stereocenters. The molecular weight excluding hydrogens is 300 g/mol. The molecule has 122 valence electrons. The van der Waals surface area contributed by atoms with Crippen LogP contribution in [0.25, 0.3) is 0 Å². The summed E-state index contributed by atoms with van der Waals surface area (Å²) in [6.07, 6.45) is 1.56. The Bertz CT molecular complexity index is 646. The van der Waals surface area contributed by atoms with Gasteiger partial charge in [-0.05, 0) is 38.5 Å². The van der Waals surface area contributed by atoms with Crippen LogP contribution in [0.4, 0.5) is 0 Å². The minimum Gasteiger partial charge on any atom is -0.355 e. The zero-order valence-corrected chi connectivity index (χ0v) is 14.4. The standard InChI is InChI=1S/C16H24N2O3S/c1-6-10-18(22(20,21)16(2,3)4)12-13-8-7-9-14(11-13)15(19)17-5/h6-9,11H,1,10,12H2,2-5H3,(H,17,19). The fourth-order valence-electron chi connectivity index (χ4n) is 1.94. The van der Waals surface area contributed by atoms with E-state index in [0.29, 0.717) is 5.56 Å². The maximum Gasteiger partial charge on any atom is 0.251 e. The number of amides is 1. The van der Waals surface area contributed by atoms with Crippen LogP contribution >= 0.6 is 0 Å². The molecule has 0 aliphatic heterocycles. The largest absolute Gasteiger partial charge is 0.355 e. The normalized spacial score (nSPS) is 12.2. The van der Waals surface area contributed by atoms with E-state index in [1.165, 1.54) is 4.31 Å². The van der Waals surface area contributed by atoms with Crippen molar-refractivity contribution in [3.05, 3.63) is 48.0 Å². The molecule has 0 bridgehead atoms. The Morgan fingerprint density at radius 3 is 2.50 bits per heavy atom. The van der Waals surface area contributed by atoms with Crippen molar-refractivity contribution in [3.63, 3.8) is 0 Å². The van der Waals surface area contributed by atoms with Gasteiger partial charge in [0.05, 0.1) is 4.75 Å². The minimum absolute atomic E-state index is 0.198. The highest BCUT2D eigenvalue weighted by molar-refractivity contribution is 7.90. The Balaban J connectivity index is 3.12. The first kappa shape index (κ1) is 18.4. The van der Waals surface area contributed by atoms with Gasteiger partial charge in [-0.25, -0.2) is 8.42 Å². The molecule has 22 heavy (non-hydrogen) atoms. The highest BCUT2D eigenvalue weighted by Crippen LogP contribution is 2.22. The maximum atomic E-state index is 12.6. The number of nitrogens with one attached hydrogen (secondary N) is 1. The Labute approximate surface area is 133 Å². The second-order valence-corrected chi connectivity index (χ2v) is 8.67. The van der Waals surface area contributed by atoms with Crippen molar-refractivity contribution in [1.29, 1.82) is 0 Å². The number of carbonyl (C=O) groups is 1. The summed E-state index contributed by atoms with van der Waals surface area (Å²) in [7, 11) is -1.92. The van der Waals surface area contributed by atoms with E-state index in [4.69, 9.17) is 0 Å². The van der Waals surface area contributed by atoms with E-state index < -0.39 is 14.8 Å². The molecule has 1 N–H and O–H groups in total. The summed E-state index contributed by atoms with van der Waals surface area (Å²) in [5.74, 6) is -0.198. The topological polar surface area (TPSA) is 66.5 Å². The van der Waals surface area contributed by atoms with Crippen LogP contribution in [0.2, 0.25) is 0 Å². The van der Waals surface area contributed by atoms with Crippen LogP contribution in [0, 0.1) is 0 Å². The minimum atomic E-state index is -3.48. The fraction of sp³-hybridized carbons (Fsp3) is 0.438. The van der Waals surface area contributed by atoms with Crippen LogP contribution in [0.15, 0.2) is 36.9 Å². The summed E-state index contributed by atoms with van der Waals surface area (Å²) >= 11 is 0. The number of benzene rings is 1. The average molecular weight is 324 g/mol. The predicted molar refractivity (Wildman–Crippen MR) is 89.1 cm³/mol.